The van der Waals surface area contributed by atoms with E-state index in [-0.39, 0.29) is 24.4 Å². The largest absolute Gasteiger partial charge is 0.495 e. The van der Waals surface area contributed by atoms with E-state index in [0.717, 1.165) is 6.42 Å². The van der Waals surface area contributed by atoms with Crippen molar-refractivity contribution in [3.05, 3.63) is 35.6 Å². The van der Waals surface area contributed by atoms with Crippen molar-refractivity contribution < 1.29 is 34.0 Å². The average Bonchev–Trinajstić information content (AvgIpc) is 2.86. The van der Waals surface area contributed by atoms with Crippen LogP contribution in [0.5, 0.6) is 0 Å². The summed E-state index contributed by atoms with van der Waals surface area (Å²) in [5.74, 6) is -1.03. The van der Waals surface area contributed by atoms with E-state index in [1.54, 1.807) is 26.0 Å². The topological polar surface area (TPSA) is 102 Å². The molecule has 0 bridgehead atoms. The zero-order chi connectivity index (χ0) is 19.7. The van der Waals surface area contributed by atoms with Gasteiger partial charge in [0.2, 0.25) is 0 Å². The van der Waals surface area contributed by atoms with Gasteiger partial charge in [-0.15, -0.1) is 0 Å². The van der Waals surface area contributed by atoms with Gasteiger partial charge in [-0.2, -0.15) is 0 Å². The Balaban J connectivity index is 2.91. The van der Waals surface area contributed by atoms with Gasteiger partial charge in [0.15, 0.2) is 17.1 Å². The highest BCUT2D eigenvalue weighted by Gasteiger charge is 2.46. The SMILES string of the molecule is CCC=CC=CC1(C)OC(=O)C(C(=O)CC(C)OCC(O)CO)=C1OC. The van der Waals surface area contributed by atoms with Crippen molar-refractivity contribution in [3.8, 4) is 0 Å². The number of carbonyl (C=O) groups excluding carboxylic acids is 2. The first-order valence-electron chi connectivity index (χ1n) is 8.59. The van der Waals surface area contributed by atoms with Crippen molar-refractivity contribution in [2.24, 2.45) is 0 Å². The van der Waals surface area contributed by atoms with Crippen molar-refractivity contribution >= 4 is 11.8 Å². The molecular weight excluding hydrogens is 340 g/mol. The molecule has 0 fully saturated rings. The lowest BCUT2D eigenvalue weighted by atomic mass is 9.98. The zero-order valence-electron chi connectivity index (χ0n) is 15.7. The Bertz CT molecular complexity index is 591. The smallest absolute Gasteiger partial charge is 0.346 e. The average molecular weight is 368 g/mol. The highest BCUT2D eigenvalue weighted by atomic mass is 16.6. The molecule has 0 aromatic carbocycles. The van der Waals surface area contributed by atoms with E-state index in [0.29, 0.717) is 0 Å². The molecule has 0 radical (unpaired) electrons. The quantitative estimate of drug-likeness (QED) is 0.323. The van der Waals surface area contributed by atoms with E-state index in [1.165, 1.54) is 7.11 Å². The van der Waals surface area contributed by atoms with Crippen LogP contribution in [0.2, 0.25) is 0 Å². The normalized spacial score (nSPS) is 22.9. The van der Waals surface area contributed by atoms with Gasteiger partial charge in [-0.25, -0.2) is 4.79 Å². The van der Waals surface area contributed by atoms with Crippen LogP contribution in [0.15, 0.2) is 35.6 Å². The second-order valence-electron chi connectivity index (χ2n) is 6.21. The number of methoxy groups -OCH3 is 1. The molecule has 3 atom stereocenters. The number of allylic oxidation sites excluding steroid dienone is 3. The third-order valence-electron chi connectivity index (χ3n) is 3.82. The number of ketones is 1. The monoisotopic (exact) mass is 368 g/mol. The summed E-state index contributed by atoms with van der Waals surface area (Å²) in [6.07, 6.45) is 6.41. The van der Waals surface area contributed by atoms with Gasteiger partial charge < -0.3 is 24.4 Å². The molecule has 7 nitrogen and oxygen atoms in total. The van der Waals surface area contributed by atoms with Gasteiger partial charge in [-0.3, -0.25) is 4.79 Å². The fourth-order valence-electron chi connectivity index (χ4n) is 2.49. The van der Waals surface area contributed by atoms with Crippen molar-refractivity contribution in [1.29, 1.82) is 0 Å². The fraction of sp³-hybridized carbons (Fsp3) is 0.579. The third kappa shape index (κ3) is 5.79. The molecule has 1 rings (SSSR count). The van der Waals surface area contributed by atoms with E-state index in [2.05, 4.69) is 0 Å². The highest BCUT2D eigenvalue weighted by molar-refractivity contribution is 6.19. The molecule has 0 aliphatic carbocycles. The Labute approximate surface area is 153 Å². The molecule has 146 valence electrons. The van der Waals surface area contributed by atoms with Gasteiger partial charge in [0.05, 0.1) is 26.4 Å². The number of esters is 1. The maximum absolute atomic E-state index is 12.5. The van der Waals surface area contributed by atoms with Crippen LogP contribution in [0.4, 0.5) is 0 Å². The minimum atomic E-state index is -1.15. The Morgan fingerprint density at radius 2 is 2.08 bits per heavy atom. The van der Waals surface area contributed by atoms with Crippen molar-refractivity contribution in [1.82, 2.24) is 0 Å². The molecular formula is C19H28O7. The maximum Gasteiger partial charge on any atom is 0.346 e. The number of aliphatic hydroxyl groups is 2. The number of rotatable bonds is 11. The van der Waals surface area contributed by atoms with Crippen LogP contribution in [0, 0.1) is 0 Å². The Morgan fingerprint density at radius 3 is 2.65 bits per heavy atom. The van der Waals surface area contributed by atoms with Crippen molar-refractivity contribution in [2.45, 2.75) is 51.4 Å². The third-order valence-corrected chi connectivity index (χ3v) is 3.82. The first-order chi connectivity index (χ1) is 12.3. The first kappa shape index (κ1) is 22.1. The highest BCUT2D eigenvalue weighted by Crippen LogP contribution is 2.35. The number of cyclic esters (lactones) is 1. The van der Waals surface area contributed by atoms with Gasteiger partial charge in [0.1, 0.15) is 11.7 Å². The van der Waals surface area contributed by atoms with Gasteiger partial charge in [-0.1, -0.05) is 25.2 Å². The molecule has 3 unspecified atom stereocenters. The summed E-state index contributed by atoms with van der Waals surface area (Å²) in [5.41, 5.74) is -1.27. The summed E-state index contributed by atoms with van der Waals surface area (Å²) in [5, 5.41) is 18.1. The predicted molar refractivity (Wildman–Crippen MR) is 95.2 cm³/mol. The molecule has 26 heavy (non-hydrogen) atoms. The molecule has 1 heterocycles. The molecule has 7 heteroatoms. The molecule has 0 amide bonds. The Hall–Kier alpha value is -1.96. The number of aliphatic hydroxyl groups excluding tert-OH is 2. The van der Waals surface area contributed by atoms with E-state index in [4.69, 9.17) is 19.3 Å². The standard InChI is InChI=1S/C19H28O7/c1-5-6-7-8-9-19(3)17(24-4)16(18(23)26-19)15(22)10-13(2)25-12-14(21)11-20/h6-9,13-14,20-21H,5,10-12H2,1-4H3. The minimum absolute atomic E-state index is 0.0784. The summed E-state index contributed by atoms with van der Waals surface area (Å²) in [4.78, 5) is 24.8. The molecule has 1 aliphatic heterocycles. The molecule has 1 aliphatic rings. The van der Waals surface area contributed by atoms with Crippen LogP contribution < -0.4 is 0 Å². The predicted octanol–water partition coefficient (Wildman–Crippen LogP) is 1.44. The van der Waals surface area contributed by atoms with Crippen LogP contribution in [0.3, 0.4) is 0 Å². The lowest BCUT2D eigenvalue weighted by molar-refractivity contribution is -0.144. The second kappa shape index (κ2) is 10.3. The number of hydrogen-bond acceptors (Lipinski definition) is 7. The van der Waals surface area contributed by atoms with E-state index in [1.807, 2.05) is 19.1 Å². The number of hydrogen-bond donors (Lipinski definition) is 2. The van der Waals surface area contributed by atoms with E-state index >= 15 is 0 Å². The number of carbonyl (C=O) groups is 2. The molecule has 0 spiro atoms. The van der Waals surface area contributed by atoms with Crippen LogP contribution in [0.25, 0.3) is 0 Å². The fourth-order valence-corrected chi connectivity index (χ4v) is 2.49. The van der Waals surface area contributed by atoms with Gasteiger partial charge >= 0.3 is 5.97 Å². The number of Topliss-reactive ketones (excluding diaryl/α,β-unsaturated/α-hetero) is 1. The van der Waals surface area contributed by atoms with Crippen LogP contribution in [-0.4, -0.2) is 60.1 Å². The zero-order valence-corrected chi connectivity index (χ0v) is 15.7. The van der Waals surface area contributed by atoms with E-state index < -0.39 is 36.2 Å². The molecule has 0 aromatic rings. The molecule has 2 N–H and O–H groups in total. The summed E-state index contributed by atoms with van der Waals surface area (Å²) < 4.78 is 16.0. The minimum Gasteiger partial charge on any atom is -0.495 e. The lowest BCUT2D eigenvalue weighted by Crippen LogP contribution is -2.26. The Morgan fingerprint density at radius 1 is 1.38 bits per heavy atom. The first-order valence-corrected chi connectivity index (χ1v) is 8.59. The Kier molecular flexibility index (Phi) is 8.71. The summed E-state index contributed by atoms with van der Waals surface area (Å²) in [6.45, 7) is 4.77. The van der Waals surface area contributed by atoms with Crippen LogP contribution in [0.1, 0.15) is 33.6 Å². The maximum atomic E-state index is 12.5. The van der Waals surface area contributed by atoms with Crippen LogP contribution >= 0.6 is 0 Å². The van der Waals surface area contributed by atoms with Crippen molar-refractivity contribution in [3.63, 3.8) is 0 Å². The van der Waals surface area contributed by atoms with Crippen LogP contribution in [-0.2, 0) is 23.8 Å². The number of ether oxygens (including phenoxy) is 3. The van der Waals surface area contributed by atoms with E-state index in [9.17, 15) is 14.7 Å². The lowest BCUT2D eigenvalue weighted by Gasteiger charge is -2.21. The molecule has 0 aromatic heterocycles. The molecule has 0 saturated carbocycles. The van der Waals surface area contributed by atoms with Gasteiger partial charge in [0, 0.05) is 6.42 Å². The van der Waals surface area contributed by atoms with Gasteiger partial charge in [-0.05, 0) is 26.3 Å². The summed E-state index contributed by atoms with van der Waals surface area (Å²) >= 11 is 0. The van der Waals surface area contributed by atoms with Gasteiger partial charge in [0.25, 0.3) is 0 Å². The molecule has 0 saturated heterocycles. The second-order valence-corrected chi connectivity index (χ2v) is 6.21. The summed E-state index contributed by atoms with van der Waals surface area (Å²) in [7, 11) is 1.39. The van der Waals surface area contributed by atoms with Crippen molar-refractivity contribution in [2.75, 3.05) is 20.3 Å². The summed E-state index contributed by atoms with van der Waals surface area (Å²) in [6, 6.07) is 0.